The lowest BCUT2D eigenvalue weighted by Crippen LogP contribution is -2.25. The van der Waals surface area contributed by atoms with Gasteiger partial charge in [-0.1, -0.05) is 19.1 Å². The molecule has 0 fully saturated rings. The van der Waals surface area contributed by atoms with Crippen LogP contribution in [0, 0.1) is 5.82 Å². The summed E-state index contributed by atoms with van der Waals surface area (Å²) in [6.45, 7) is 2.16. The average Bonchev–Trinajstić information content (AvgIpc) is 2.87. The van der Waals surface area contributed by atoms with E-state index < -0.39 is 17.6 Å². The Kier molecular flexibility index (Phi) is 8.77. The van der Waals surface area contributed by atoms with Crippen LogP contribution < -0.4 is 25.4 Å². The highest BCUT2D eigenvalue weighted by molar-refractivity contribution is 6.09. The van der Waals surface area contributed by atoms with Gasteiger partial charge < -0.3 is 25.4 Å². The number of amides is 3. The van der Waals surface area contributed by atoms with Gasteiger partial charge in [0.1, 0.15) is 5.82 Å². The molecule has 0 saturated carbocycles. The van der Waals surface area contributed by atoms with E-state index in [1.807, 2.05) is 6.92 Å². The second-order valence-corrected chi connectivity index (χ2v) is 7.46. The number of para-hydroxylation sites is 1. The molecule has 0 unspecified atom stereocenters. The highest BCUT2D eigenvalue weighted by Crippen LogP contribution is 2.29. The van der Waals surface area contributed by atoms with Crippen molar-refractivity contribution in [1.29, 1.82) is 0 Å². The summed E-state index contributed by atoms with van der Waals surface area (Å²) in [4.78, 5) is 37.4. The van der Waals surface area contributed by atoms with Gasteiger partial charge in [-0.05, 0) is 61.0 Å². The lowest BCUT2D eigenvalue weighted by molar-refractivity contribution is -0.118. The molecule has 9 heteroatoms. The fraction of sp³-hybridized carbons (Fsp3) is 0.192. The van der Waals surface area contributed by atoms with Crippen molar-refractivity contribution in [1.82, 2.24) is 5.32 Å². The quantitative estimate of drug-likeness (QED) is 0.403. The van der Waals surface area contributed by atoms with Crippen molar-refractivity contribution in [2.24, 2.45) is 0 Å². The molecule has 0 spiro atoms. The third kappa shape index (κ3) is 7.04. The van der Waals surface area contributed by atoms with E-state index in [1.165, 1.54) is 49.6 Å². The molecule has 3 rings (SSSR count). The molecule has 0 saturated heterocycles. The Bertz CT molecular complexity index is 1200. The largest absolute Gasteiger partial charge is 0.493 e. The third-order valence-corrected chi connectivity index (χ3v) is 4.87. The van der Waals surface area contributed by atoms with E-state index in [4.69, 9.17) is 9.47 Å². The smallest absolute Gasteiger partial charge is 0.262 e. The van der Waals surface area contributed by atoms with Gasteiger partial charge in [-0.2, -0.15) is 0 Å². The van der Waals surface area contributed by atoms with Crippen LogP contribution in [0.2, 0.25) is 0 Å². The minimum atomic E-state index is -0.446. The molecule has 0 aliphatic carbocycles. The van der Waals surface area contributed by atoms with Gasteiger partial charge in [0.25, 0.3) is 17.7 Å². The molecule has 3 N–H and O–H groups in total. The zero-order valence-electron chi connectivity index (χ0n) is 19.4. The van der Waals surface area contributed by atoms with E-state index in [0.717, 1.165) is 6.42 Å². The molecule has 8 nitrogen and oxygen atoms in total. The Morgan fingerprint density at radius 2 is 1.63 bits per heavy atom. The van der Waals surface area contributed by atoms with Gasteiger partial charge in [-0.15, -0.1) is 0 Å². The van der Waals surface area contributed by atoms with E-state index in [9.17, 15) is 18.8 Å². The lowest BCUT2D eigenvalue weighted by Gasteiger charge is -2.14. The number of halogens is 1. The van der Waals surface area contributed by atoms with E-state index in [-0.39, 0.29) is 29.6 Å². The fourth-order valence-electron chi connectivity index (χ4n) is 3.12. The summed E-state index contributed by atoms with van der Waals surface area (Å²) in [6.07, 6.45) is 0.794. The van der Waals surface area contributed by atoms with Gasteiger partial charge in [0.05, 0.1) is 18.4 Å². The Hall–Kier alpha value is -4.40. The van der Waals surface area contributed by atoms with Crippen molar-refractivity contribution in [3.05, 3.63) is 83.7 Å². The van der Waals surface area contributed by atoms with Crippen molar-refractivity contribution in [2.75, 3.05) is 30.9 Å². The van der Waals surface area contributed by atoms with Gasteiger partial charge in [0.2, 0.25) is 0 Å². The van der Waals surface area contributed by atoms with E-state index in [2.05, 4.69) is 16.0 Å². The maximum Gasteiger partial charge on any atom is 0.262 e. The average molecular weight is 480 g/mol. The Morgan fingerprint density at radius 3 is 2.34 bits per heavy atom. The van der Waals surface area contributed by atoms with Crippen molar-refractivity contribution < 1.29 is 28.2 Å². The maximum absolute atomic E-state index is 13.0. The van der Waals surface area contributed by atoms with Crippen LogP contribution in [0.15, 0.2) is 66.7 Å². The Morgan fingerprint density at radius 1 is 0.886 bits per heavy atom. The number of benzene rings is 3. The number of rotatable bonds is 10. The second kappa shape index (κ2) is 12.2. The van der Waals surface area contributed by atoms with Crippen LogP contribution >= 0.6 is 0 Å². The predicted molar refractivity (Wildman–Crippen MR) is 131 cm³/mol. The predicted octanol–water partition coefficient (Wildman–Crippen LogP) is 4.24. The Balaban J connectivity index is 1.66. The second-order valence-electron chi connectivity index (χ2n) is 7.46. The molecule has 182 valence electrons. The van der Waals surface area contributed by atoms with Gasteiger partial charge >= 0.3 is 0 Å². The number of anilines is 2. The molecule has 0 aliphatic rings. The summed E-state index contributed by atoms with van der Waals surface area (Å²) in [5, 5.41) is 8.13. The van der Waals surface area contributed by atoms with Crippen LogP contribution in [0.25, 0.3) is 0 Å². The lowest BCUT2D eigenvalue weighted by atomic mass is 10.1. The first-order chi connectivity index (χ1) is 16.9. The minimum Gasteiger partial charge on any atom is -0.493 e. The first kappa shape index (κ1) is 25.2. The molecule has 0 bridgehead atoms. The van der Waals surface area contributed by atoms with Gasteiger partial charge in [0, 0.05) is 17.8 Å². The molecule has 0 aromatic heterocycles. The summed E-state index contributed by atoms with van der Waals surface area (Å²) < 4.78 is 23.8. The molecule has 3 aromatic carbocycles. The van der Waals surface area contributed by atoms with Crippen LogP contribution in [0.3, 0.4) is 0 Å². The highest BCUT2D eigenvalue weighted by Gasteiger charge is 2.16. The molecule has 0 radical (unpaired) electrons. The molecule has 0 aliphatic heterocycles. The third-order valence-electron chi connectivity index (χ3n) is 4.87. The normalized spacial score (nSPS) is 10.3. The van der Waals surface area contributed by atoms with Crippen LogP contribution in [0.4, 0.5) is 15.8 Å². The number of hydrogen-bond donors (Lipinski definition) is 3. The number of carbonyl (C=O) groups is 3. The first-order valence-corrected chi connectivity index (χ1v) is 11.0. The number of carbonyl (C=O) groups excluding carboxylic acids is 3. The van der Waals surface area contributed by atoms with Crippen LogP contribution in [0.5, 0.6) is 11.5 Å². The summed E-state index contributed by atoms with van der Waals surface area (Å²) in [6, 6.07) is 16.6. The van der Waals surface area contributed by atoms with Gasteiger partial charge in [-0.3, -0.25) is 14.4 Å². The van der Waals surface area contributed by atoms with Crippen LogP contribution in [-0.2, 0) is 4.79 Å². The zero-order chi connectivity index (χ0) is 25.2. The number of nitrogens with one attached hydrogen (secondary N) is 3. The number of hydrogen-bond acceptors (Lipinski definition) is 5. The van der Waals surface area contributed by atoms with Crippen LogP contribution in [0.1, 0.15) is 34.1 Å². The summed E-state index contributed by atoms with van der Waals surface area (Å²) in [7, 11) is 1.41. The SMILES string of the molecule is CCCNC(=O)c1ccccc1NC(=O)c1ccc(OCC(=O)Nc2ccc(F)cc2)c(OC)c1. The van der Waals surface area contributed by atoms with Crippen molar-refractivity contribution in [3.63, 3.8) is 0 Å². The molecular formula is C26H26FN3O5. The van der Waals surface area contributed by atoms with Crippen molar-refractivity contribution >= 4 is 29.1 Å². The van der Waals surface area contributed by atoms with Gasteiger partial charge in [-0.25, -0.2) is 4.39 Å². The van der Waals surface area contributed by atoms with Crippen molar-refractivity contribution in [3.8, 4) is 11.5 Å². The number of methoxy groups -OCH3 is 1. The van der Waals surface area contributed by atoms with Gasteiger partial charge in [0.15, 0.2) is 18.1 Å². The molecule has 35 heavy (non-hydrogen) atoms. The highest BCUT2D eigenvalue weighted by atomic mass is 19.1. The van der Waals surface area contributed by atoms with Crippen molar-refractivity contribution in [2.45, 2.75) is 13.3 Å². The van der Waals surface area contributed by atoms with E-state index in [1.54, 1.807) is 24.3 Å². The topological polar surface area (TPSA) is 106 Å². The Labute approximate surface area is 202 Å². The first-order valence-electron chi connectivity index (χ1n) is 11.0. The van der Waals surface area contributed by atoms with E-state index >= 15 is 0 Å². The fourth-order valence-corrected chi connectivity index (χ4v) is 3.12. The number of ether oxygens (including phenoxy) is 2. The maximum atomic E-state index is 13.0. The molecule has 0 atom stereocenters. The summed E-state index contributed by atoms with van der Waals surface area (Å²) >= 11 is 0. The van der Waals surface area contributed by atoms with Crippen LogP contribution in [-0.4, -0.2) is 38.0 Å². The summed E-state index contributed by atoms with van der Waals surface area (Å²) in [5.74, 6) is -1.06. The minimum absolute atomic E-state index is 0.251. The molecule has 3 amide bonds. The molecule has 3 aromatic rings. The summed E-state index contributed by atoms with van der Waals surface area (Å²) in [5.41, 5.74) is 1.44. The monoisotopic (exact) mass is 479 g/mol. The standard InChI is InChI=1S/C26H26FN3O5/c1-3-14-28-26(33)20-6-4-5-7-21(20)30-25(32)17-8-13-22(23(15-17)34-2)35-16-24(31)29-19-11-9-18(27)10-12-19/h4-13,15H,3,14,16H2,1-2H3,(H,28,33)(H,29,31)(H,30,32). The molecular weight excluding hydrogens is 453 g/mol. The molecule has 0 heterocycles. The van der Waals surface area contributed by atoms with E-state index in [0.29, 0.717) is 23.5 Å². The zero-order valence-corrected chi connectivity index (χ0v) is 19.4.